The molecule has 1 aliphatic rings. The summed E-state index contributed by atoms with van der Waals surface area (Å²) < 4.78 is 26.5. The van der Waals surface area contributed by atoms with Crippen molar-refractivity contribution >= 4 is 15.9 Å². The van der Waals surface area contributed by atoms with Gasteiger partial charge in [0.1, 0.15) is 0 Å². The van der Waals surface area contributed by atoms with Gasteiger partial charge in [-0.05, 0) is 37.8 Å². The molecule has 4 N–H and O–H groups in total. The molecule has 0 spiro atoms. The van der Waals surface area contributed by atoms with Crippen molar-refractivity contribution in [2.24, 2.45) is 11.7 Å². The van der Waals surface area contributed by atoms with Crippen molar-refractivity contribution in [3.8, 4) is 0 Å². The van der Waals surface area contributed by atoms with Crippen LogP contribution in [0.1, 0.15) is 24.8 Å². The largest absolute Gasteiger partial charge is 0.354 e. The van der Waals surface area contributed by atoms with Gasteiger partial charge in [-0.1, -0.05) is 17.7 Å². The van der Waals surface area contributed by atoms with Crippen LogP contribution in [0.3, 0.4) is 0 Å². The van der Waals surface area contributed by atoms with Crippen LogP contribution < -0.4 is 15.8 Å². The van der Waals surface area contributed by atoms with E-state index in [0.717, 1.165) is 18.4 Å². The quantitative estimate of drug-likeness (QED) is 0.648. The third kappa shape index (κ3) is 5.08. The molecule has 6 nitrogen and oxygen atoms in total. The molecule has 1 aliphatic carbocycles. The Labute approximate surface area is 131 Å². The Hall–Kier alpha value is -1.44. The highest BCUT2D eigenvalue weighted by atomic mass is 32.2. The van der Waals surface area contributed by atoms with Gasteiger partial charge < -0.3 is 11.1 Å². The zero-order chi connectivity index (χ0) is 16.2. The Morgan fingerprint density at radius 3 is 2.55 bits per heavy atom. The van der Waals surface area contributed by atoms with E-state index in [9.17, 15) is 13.2 Å². The van der Waals surface area contributed by atoms with E-state index < -0.39 is 10.0 Å². The van der Waals surface area contributed by atoms with Gasteiger partial charge >= 0.3 is 0 Å². The maximum Gasteiger partial charge on any atom is 0.240 e. The van der Waals surface area contributed by atoms with Gasteiger partial charge in [0.05, 0.1) is 4.90 Å². The number of hydrogen-bond acceptors (Lipinski definition) is 4. The van der Waals surface area contributed by atoms with Crippen molar-refractivity contribution in [1.82, 2.24) is 10.0 Å². The van der Waals surface area contributed by atoms with Gasteiger partial charge in [0.25, 0.3) is 0 Å². The maximum absolute atomic E-state index is 12.0. The van der Waals surface area contributed by atoms with Gasteiger partial charge in [0, 0.05) is 25.6 Å². The normalized spacial score (nSPS) is 16.3. The fourth-order valence-electron chi connectivity index (χ4n) is 2.11. The highest BCUT2D eigenvalue weighted by molar-refractivity contribution is 7.89. The topological polar surface area (TPSA) is 101 Å². The molecule has 1 aromatic carbocycles. The zero-order valence-electron chi connectivity index (χ0n) is 12.7. The molecular formula is C15H23N3O3S. The molecule has 22 heavy (non-hydrogen) atoms. The van der Waals surface area contributed by atoms with Crippen molar-refractivity contribution in [2.75, 3.05) is 13.1 Å². The molecule has 122 valence electrons. The van der Waals surface area contributed by atoms with E-state index in [0.29, 0.717) is 12.5 Å². The van der Waals surface area contributed by atoms with Crippen molar-refractivity contribution in [2.45, 2.75) is 37.1 Å². The second-order valence-electron chi connectivity index (χ2n) is 5.77. The fourth-order valence-corrected chi connectivity index (χ4v) is 3.14. The van der Waals surface area contributed by atoms with Crippen LogP contribution in [0.2, 0.25) is 0 Å². The summed E-state index contributed by atoms with van der Waals surface area (Å²) in [4.78, 5) is 11.9. The molecule has 1 fully saturated rings. The zero-order valence-corrected chi connectivity index (χ0v) is 13.5. The van der Waals surface area contributed by atoms with Gasteiger partial charge in [-0.2, -0.15) is 0 Å². The Morgan fingerprint density at radius 1 is 1.32 bits per heavy atom. The summed E-state index contributed by atoms with van der Waals surface area (Å²) in [6.45, 7) is 2.41. The van der Waals surface area contributed by atoms with Crippen LogP contribution in [0.5, 0.6) is 0 Å². The van der Waals surface area contributed by atoms with Crippen LogP contribution in [0.25, 0.3) is 0 Å². The Bertz CT molecular complexity index is 609. The van der Waals surface area contributed by atoms with Crippen LogP contribution in [0.4, 0.5) is 0 Å². The van der Waals surface area contributed by atoms with E-state index in [4.69, 9.17) is 5.73 Å². The summed E-state index contributed by atoms with van der Waals surface area (Å²) in [6.07, 6.45) is 2.36. The van der Waals surface area contributed by atoms with Gasteiger partial charge in [-0.15, -0.1) is 0 Å². The summed E-state index contributed by atoms with van der Waals surface area (Å²) >= 11 is 0. The number of nitrogens with one attached hydrogen (secondary N) is 2. The van der Waals surface area contributed by atoms with Gasteiger partial charge in [0.2, 0.25) is 15.9 Å². The van der Waals surface area contributed by atoms with Crippen LogP contribution in [0, 0.1) is 12.8 Å². The van der Waals surface area contributed by atoms with Crippen LogP contribution >= 0.6 is 0 Å². The predicted molar refractivity (Wildman–Crippen MR) is 84.7 cm³/mol. The van der Waals surface area contributed by atoms with Crippen LogP contribution in [0.15, 0.2) is 29.2 Å². The molecule has 0 aromatic heterocycles. The van der Waals surface area contributed by atoms with E-state index in [1.807, 2.05) is 6.92 Å². The average Bonchev–Trinajstić information content (AvgIpc) is 3.29. The highest BCUT2D eigenvalue weighted by Crippen LogP contribution is 2.31. The molecule has 0 radical (unpaired) electrons. The van der Waals surface area contributed by atoms with Gasteiger partial charge in [-0.25, -0.2) is 13.1 Å². The lowest BCUT2D eigenvalue weighted by atomic mass is 10.2. The first-order valence-electron chi connectivity index (χ1n) is 7.47. The summed E-state index contributed by atoms with van der Waals surface area (Å²) in [5.41, 5.74) is 6.88. The molecule has 1 saturated carbocycles. The molecule has 1 aromatic rings. The molecule has 2 rings (SSSR count). The first kappa shape index (κ1) is 16.9. The van der Waals surface area contributed by atoms with Crippen LogP contribution in [-0.2, 0) is 14.8 Å². The van der Waals surface area contributed by atoms with E-state index >= 15 is 0 Å². The summed E-state index contributed by atoms with van der Waals surface area (Å²) in [6, 6.07) is 6.58. The van der Waals surface area contributed by atoms with Crippen molar-refractivity contribution in [3.63, 3.8) is 0 Å². The third-order valence-corrected chi connectivity index (χ3v) is 5.21. The molecule has 1 atom stereocenters. The van der Waals surface area contributed by atoms with E-state index in [-0.39, 0.29) is 29.8 Å². The second kappa shape index (κ2) is 7.21. The minimum atomic E-state index is -3.56. The molecule has 0 bridgehead atoms. The Kier molecular flexibility index (Phi) is 5.55. The molecule has 7 heteroatoms. The number of amides is 1. The maximum atomic E-state index is 12.0. The lowest BCUT2D eigenvalue weighted by molar-refractivity contribution is -0.121. The first-order valence-corrected chi connectivity index (χ1v) is 8.95. The number of carbonyl (C=O) groups is 1. The SMILES string of the molecule is Cc1ccc(S(=O)(=O)NCCC(=O)NCC(N)C2CC2)cc1. The number of aryl methyl sites for hydroxylation is 1. The average molecular weight is 325 g/mol. The Balaban J connectivity index is 1.72. The third-order valence-electron chi connectivity index (χ3n) is 3.74. The lowest BCUT2D eigenvalue weighted by Gasteiger charge is -2.12. The highest BCUT2D eigenvalue weighted by Gasteiger charge is 2.28. The minimum absolute atomic E-state index is 0.00759. The summed E-state index contributed by atoms with van der Waals surface area (Å²) in [5, 5.41) is 2.74. The van der Waals surface area contributed by atoms with Crippen molar-refractivity contribution < 1.29 is 13.2 Å². The summed E-state index contributed by atoms with van der Waals surface area (Å²) in [5.74, 6) is 0.336. The Morgan fingerprint density at radius 2 is 1.95 bits per heavy atom. The predicted octanol–water partition coefficient (Wildman–Crippen LogP) is 0.517. The fraction of sp³-hybridized carbons (Fsp3) is 0.533. The van der Waals surface area contributed by atoms with Gasteiger partial charge in [-0.3, -0.25) is 4.79 Å². The standard InChI is InChI=1S/C15H23N3O3S/c1-11-2-6-13(7-3-11)22(20,21)18-9-8-15(19)17-10-14(16)12-4-5-12/h2-3,6-7,12,14,18H,4-5,8-10,16H2,1H3,(H,17,19). The monoisotopic (exact) mass is 325 g/mol. The van der Waals surface area contributed by atoms with E-state index in [2.05, 4.69) is 10.0 Å². The number of nitrogens with two attached hydrogens (primary N) is 1. The van der Waals surface area contributed by atoms with Crippen LogP contribution in [-0.4, -0.2) is 33.5 Å². The van der Waals surface area contributed by atoms with E-state index in [1.54, 1.807) is 24.3 Å². The molecule has 1 amide bonds. The minimum Gasteiger partial charge on any atom is -0.354 e. The number of benzene rings is 1. The van der Waals surface area contributed by atoms with Crippen molar-refractivity contribution in [3.05, 3.63) is 29.8 Å². The first-order chi connectivity index (χ1) is 10.4. The molecule has 0 aliphatic heterocycles. The number of rotatable bonds is 8. The number of carbonyl (C=O) groups excluding carboxylic acids is 1. The number of hydrogen-bond donors (Lipinski definition) is 3. The number of sulfonamides is 1. The summed E-state index contributed by atoms with van der Waals surface area (Å²) in [7, 11) is -3.56. The second-order valence-corrected chi connectivity index (χ2v) is 7.53. The molecule has 0 saturated heterocycles. The van der Waals surface area contributed by atoms with Crippen molar-refractivity contribution in [1.29, 1.82) is 0 Å². The van der Waals surface area contributed by atoms with Gasteiger partial charge in [0.15, 0.2) is 0 Å². The molecular weight excluding hydrogens is 302 g/mol. The lowest BCUT2D eigenvalue weighted by Crippen LogP contribution is -2.39. The van der Waals surface area contributed by atoms with E-state index in [1.165, 1.54) is 0 Å². The smallest absolute Gasteiger partial charge is 0.240 e. The molecule has 1 unspecified atom stereocenters. The molecule has 0 heterocycles.